The monoisotopic (exact) mass is 276 g/mol. The van der Waals surface area contributed by atoms with Crippen LogP contribution < -0.4 is 5.32 Å². The molecule has 0 aliphatic rings. The molecule has 0 saturated carbocycles. The first-order valence-electron chi connectivity index (χ1n) is 5.72. The van der Waals surface area contributed by atoms with Crippen LogP contribution in [0.3, 0.4) is 0 Å². The van der Waals surface area contributed by atoms with Crippen molar-refractivity contribution in [2.24, 2.45) is 0 Å². The van der Waals surface area contributed by atoms with Gasteiger partial charge in [-0.05, 0) is 39.0 Å². The highest BCUT2D eigenvalue weighted by Gasteiger charge is 2.10. The van der Waals surface area contributed by atoms with Crippen molar-refractivity contribution in [2.75, 3.05) is 5.32 Å². The number of aryl methyl sites for hydroxylation is 3. The molecule has 2 heterocycles. The molecule has 6 heteroatoms. The fraction of sp³-hybridized carbons (Fsp3) is 0.231. The number of pyridine rings is 1. The summed E-state index contributed by atoms with van der Waals surface area (Å²) in [5.41, 5.74) is 2.71. The third kappa shape index (κ3) is 3.48. The average molecular weight is 277 g/mol. The first-order chi connectivity index (χ1) is 8.94. The molecule has 1 N–H and O–H groups in total. The number of nitrogens with one attached hydrogen (secondary N) is 1. The topological polar surface area (TPSA) is 67.8 Å². The summed E-state index contributed by atoms with van der Waals surface area (Å²) in [4.78, 5) is 24.4. The molecule has 98 valence electrons. The lowest BCUT2D eigenvalue weighted by molar-refractivity contribution is 0.102. The lowest BCUT2D eigenvalue weighted by Gasteiger charge is -2.06. The van der Waals surface area contributed by atoms with Crippen molar-refractivity contribution in [3.8, 4) is 0 Å². The Bertz CT molecular complexity index is 602. The maximum Gasteiger partial charge on any atom is 0.258 e. The van der Waals surface area contributed by atoms with E-state index in [0.29, 0.717) is 11.3 Å². The van der Waals surface area contributed by atoms with Crippen LogP contribution in [-0.2, 0) is 0 Å². The summed E-state index contributed by atoms with van der Waals surface area (Å²) in [5, 5.41) is 2.93. The molecule has 0 spiro atoms. The smallest absolute Gasteiger partial charge is 0.258 e. The maximum atomic E-state index is 12.1. The summed E-state index contributed by atoms with van der Waals surface area (Å²) >= 11 is 5.83. The number of hydrogen-bond acceptors (Lipinski definition) is 4. The van der Waals surface area contributed by atoms with Crippen LogP contribution in [0.25, 0.3) is 0 Å². The quantitative estimate of drug-likeness (QED) is 0.857. The number of hydrogen-bond donors (Lipinski definition) is 1. The number of amides is 1. The third-order valence-electron chi connectivity index (χ3n) is 2.39. The van der Waals surface area contributed by atoms with Gasteiger partial charge in [0, 0.05) is 22.6 Å². The van der Waals surface area contributed by atoms with Crippen LogP contribution in [0.1, 0.15) is 27.4 Å². The van der Waals surface area contributed by atoms with Gasteiger partial charge in [0.15, 0.2) is 0 Å². The predicted molar refractivity (Wildman–Crippen MR) is 73.4 cm³/mol. The van der Waals surface area contributed by atoms with E-state index in [1.54, 1.807) is 13.0 Å². The SMILES string of the molecule is Cc1cc(C(=O)Nc2nc(C)cc(C)n2)cc(Cl)n1. The molecule has 2 aromatic heterocycles. The Morgan fingerprint density at radius 3 is 2.16 bits per heavy atom. The molecule has 5 nitrogen and oxygen atoms in total. The Hall–Kier alpha value is -2.01. The van der Waals surface area contributed by atoms with E-state index in [2.05, 4.69) is 20.3 Å². The minimum Gasteiger partial charge on any atom is -0.290 e. The highest BCUT2D eigenvalue weighted by molar-refractivity contribution is 6.29. The average Bonchev–Trinajstić information content (AvgIpc) is 2.25. The Kier molecular flexibility index (Phi) is 3.76. The normalized spacial score (nSPS) is 10.3. The van der Waals surface area contributed by atoms with Gasteiger partial charge in [0.25, 0.3) is 5.91 Å². The Morgan fingerprint density at radius 1 is 1.00 bits per heavy atom. The largest absolute Gasteiger partial charge is 0.290 e. The molecule has 2 aromatic rings. The molecule has 0 bridgehead atoms. The summed E-state index contributed by atoms with van der Waals surface area (Å²) in [7, 11) is 0. The van der Waals surface area contributed by atoms with Gasteiger partial charge in [-0.1, -0.05) is 11.6 Å². The van der Waals surface area contributed by atoms with E-state index in [-0.39, 0.29) is 17.0 Å². The molecule has 0 aromatic carbocycles. The molecule has 0 unspecified atom stereocenters. The lowest BCUT2D eigenvalue weighted by Crippen LogP contribution is -2.15. The second-order valence-electron chi connectivity index (χ2n) is 4.25. The Balaban J connectivity index is 2.25. The van der Waals surface area contributed by atoms with E-state index in [4.69, 9.17) is 11.6 Å². The molecule has 19 heavy (non-hydrogen) atoms. The highest BCUT2D eigenvalue weighted by atomic mass is 35.5. The van der Waals surface area contributed by atoms with Crippen LogP contribution in [0.2, 0.25) is 5.15 Å². The van der Waals surface area contributed by atoms with Gasteiger partial charge >= 0.3 is 0 Å². The number of carbonyl (C=O) groups excluding carboxylic acids is 1. The van der Waals surface area contributed by atoms with E-state index in [1.165, 1.54) is 6.07 Å². The van der Waals surface area contributed by atoms with Crippen molar-refractivity contribution in [3.63, 3.8) is 0 Å². The van der Waals surface area contributed by atoms with Crippen molar-refractivity contribution in [2.45, 2.75) is 20.8 Å². The summed E-state index contributed by atoms with van der Waals surface area (Å²) in [6.45, 7) is 5.46. The maximum absolute atomic E-state index is 12.1. The number of anilines is 1. The van der Waals surface area contributed by atoms with Crippen LogP contribution in [0, 0.1) is 20.8 Å². The molecule has 0 saturated heterocycles. The van der Waals surface area contributed by atoms with Gasteiger partial charge in [-0.25, -0.2) is 15.0 Å². The first-order valence-corrected chi connectivity index (χ1v) is 6.09. The van der Waals surface area contributed by atoms with Crippen molar-refractivity contribution >= 4 is 23.5 Å². The Labute approximate surface area is 116 Å². The van der Waals surface area contributed by atoms with E-state index >= 15 is 0 Å². The van der Waals surface area contributed by atoms with E-state index in [1.807, 2.05) is 19.9 Å². The van der Waals surface area contributed by atoms with Gasteiger partial charge < -0.3 is 0 Å². The molecule has 1 amide bonds. The fourth-order valence-corrected chi connectivity index (χ4v) is 1.97. The van der Waals surface area contributed by atoms with Crippen molar-refractivity contribution in [1.82, 2.24) is 15.0 Å². The molecule has 0 fully saturated rings. The summed E-state index contributed by atoms with van der Waals surface area (Å²) in [5.74, 6) is -0.0227. The van der Waals surface area contributed by atoms with Crippen molar-refractivity contribution < 1.29 is 4.79 Å². The molecule has 0 atom stereocenters. The predicted octanol–water partition coefficient (Wildman–Crippen LogP) is 2.70. The second-order valence-corrected chi connectivity index (χ2v) is 4.64. The van der Waals surface area contributed by atoms with Crippen molar-refractivity contribution in [1.29, 1.82) is 0 Å². The van der Waals surface area contributed by atoms with Crippen LogP contribution in [0.15, 0.2) is 18.2 Å². The van der Waals surface area contributed by atoms with Crippen molar-refractivity contribution in [3.05, 3.63) is 46.0 Å². The number of aromatic nitrogens is 3. The van der Waals surface area contributed by atoms with Crippen LogP contribution in [0.5, 0.6) is 0 Å². The lowest BCUT2D eigenvalue weighted by atomic mass is 10.2. The summed E-state index contributed by atoms with van der Waals surface area (Å²) in [6.07, 6.45) is 0. The summed E-state index contributed by atoms with van der Waals surface area (Å²) < 4.78 is 0. The van der Waals surface area contributed by atoms with Crippen LogP contribution in [-0.4, -0.2) is 20.9 Å². The molecular formula is C13H13ClN4O. The summed E-state index contributed by atoms with van der Waals surface area (Å²) in [6, 6.07) is 5.00. The van der Waals surface area contributed by atoms with Gasteiger partial charge in [0.05, 0.1) is 0 Å². The highest BCUT2D eigenvalue weighted by Crippen LogP contribution is 2.12. The number of carbonyl (C=O) groups is 1. The zero-order chi connectivity index (χ0) is 14.0. The second kappa shape index (κ2) is 5.32. The van der Waals surface area contributed by atoms with Crippen LogP contribution >= 0.6 is 11.6 Å². The molecule has 2 rings (SSSR count). The molecule has 0 aliphatic heterocycles. The first kappa shape index (κ1) is 13.4. The zero-order valence-corrected chi connectivity index (χ0v) is 11.6. The van der Waals surface area contributed by atoms with Gasteiger partial charge in [0.2, 0.25) is 5.95 Å². The van der Waals surface area contributed by atoms with Gasteiger partial charge in [-0.15, -0.1) is 0 Å². The van der Waals surface area contributed by atoms with Gasteiger partial charge in [0.1, 0.15) is 5.15 Å². The standard InChI is InChI=1S/C13H13ClN4O/c1-7-4-8(2)17-13(16-7)18-12(19)10-5-9(3)15-11(14)6-10/h4-6H,1-3H3,(H,16,17,18,19). The van der Waals surface area contributed by atoms with E-state index in [9.17, 15) is 4.79 Å². The number of rotatable bonds is 2. The van der Waals surface area contributed by atoms with Gasteiger partial charge in [-0.3, -0.25) is 10.1 Å². The molecule has 0 aliphatic carbocycles. The number of nitrogens with zero attached hydrogens (tertiary/aromatic N) is 3. The molecular weight excluding hydrogens is 264 g/mol. The zero-order valence-electron chi connectivity index (χ0n) is 10.9. The molecule has 0 radical (unpaired) electrons. The fourth-order valence-electron chi connectivity index (χ4n) is 1.71. The Morgan fingerprint density at radius 2 is 1.58 bits per heavy atom. The van der Waals surface area contributed by atoms with Gasteiger partial charge in [-0.2, -0.15) is 0 Å². The van der Waals surface area contributed by atoms with Crippen LogP contribution in [0.4, 0.5) is 5.95 Å². The minimum absolute atomic E-state index is 0.284. The van der Waals surface area contributed by atoms with E-state index in [0.717, 1.165) is 11.4 Å². The van der Waals surface area contributed by atoms with E-state index < -0.39 is 0 Å². The third-order valence-corrected chi connectivity index (χ3v) is 2.59. The number of halogens is 1. The minimum atomic E-state index is -0.308.